The molecule has 0 aliphatic rings. The molecule has 0 aliphatic carbocycles. The normalized spacial score (nSPS) is 10.8. The minimum absolute atomic E-state index is 0.478. The summed E-state index contributed by atoms with van der Waals surface area (Å²) in [4.78, 5) is 4.07. The lowest BCUT2D eigenvalue weighted by Crippen LogP contribution is -1.97. The van der Waals surface area contributed by atoms with E-state index in [0.29, 0.717) is 25.8 Å². The van der Waals surface area contributed by atoms with Gasteiger partial charge in [0.1, 0.15) is 11.4 Å². The molecular formula is C10H7Cl3N2S. The predicted octanol–water partition coefficient (Wildman–Crippen LogP) is 4.43. The SMILES string of the molecule is Cc1c(S)ncn1-c1c(Cl)cc(Cl)cc1Cl. The predicted molar refractivity (Wildman–Crippen MR) is 70.6 cm³/mol. The Bertz CT molecular complexity index is 528. The van der Waals surface area contributed by atoms with Gasteiger partial charge in [0.05, 0.1) is 21.4 Å². The van der Waals surface area contributed by atoms with Gasteiger partial charge in [-0.1, -0.05) is 34.8 Å². The first-order chi connectivity index (χ1) is 7.50. The highest BCUT2D eigenvalue weighted by Gasteiger charge is 2.13. The molecule has 0 aliphatic heterocycles. The number of thiol groups is 1. The van der Waals surface area contributed by atoms with Gasteiger partial charge in [-0.25, -0.2) is 4.98 Å². The molecule has 0 bridgehead atoms. The van der Waals surface area contributed by atoms with Gasteiger partial charge in [-0.2, -0.15) is 0 Å². The number of hydrogen-bond acceptors (Lipinski definition) is 2. The van der Waals surface area contributed by atoms with Gasteiger partial charge < -0.3 is 0 Å². The molecule has 0 saturated heterocycles. The summed E-state index contributed by atoms with van der Waals surface area (Å²) < 4.78 is 1.78. The number of benzene rings is 1. The summed E-state index contributed by atoms with van der Waals surface area (Å²) in [5.41, 5.74) is 1.53. The zero-order valence-electron chi connectivity index (χ0n) is 8.21. The molecule has 0 fully saturated rings. The second-order valence-electron chi connectivity index (χ2n) is 3.24. The van der Waals surface area contributed by atoms with Crippen molar-refractivity contribution in [3.63, 3.8) is 0 Å². The highest BCUT2D eigenvalue weighted by atomic mass is 35.5. The molecule has 1 aromatic heterocycles. The lowest BCUT2D eigenvalue weighted by atomic mass is 10.3. The van der Waals surface area contributed by atoms with Gasteiger partial charge in [-0.3, -0.25) is 4.57 Å². The Morgan fingerprint density at radius 3 is 2.19 bits per heavy atom. The molecule has 0 unspecified atom stereocenters. The highest BCUT2D eigenvalue weighted by Crippen LogP contribution is 2.33. The van der Waals surface area contributed by atoms with Crippen LogP contribution < -0.4 is 0 Å². The third-order valence-electron chi connectivity index (χ3n) is 2.20. The number of nitrogens with zero attached hydrogens (tertiary/aromatic N) is 2. The van der Waals surface area contributed by atoms with Crippen LogP contribution in [0.5, 0.6) is 0 Å². The van der Waals surface area contributed by atoms with Crippen molar-refractivity contribution in [1.29, 1.82) is 0 Å². The molecule has 0 amide bonds. The molecule has 0 radical (unpaired) electrons. The molecule has 2 rings (SSSR count). The van der Waals surface area contributed by atoms with Crippen LogP contribution >= 0.6 is 47.4 Å². The molecule has 84 valence electrons. The summed E-state index contributed by atoms with van der Waals surface area (Å²) in [7, 11) is 0. The van der Waals surface area contributed by atoms with Crippen LogP contribution in [0.3, 0.4) is 0 Å². The topological polar surface area (TPSA) is 17.8 Å². The fourth-order valence-electron chi connectivity index (χ4n) is 1.39. The van der Waals surface area contributed by atoms with E-state index >= 15 is 0 Å². The lowest BCUT2D eigenvalue weighted by Gasteiger charge is -2.10. The zero-order valence-corrected chi connectivity index (χ0v) is 11.4. The van der Waals surface area contributed by atoms with E-state index in [0.717, 1.165) is 5.69 Å². The van der Waals surface area contributed by atoms with Crippen LogP contribution in [0, 0.1) is 6.92 Å². The fraction of sp³-hybridized carbons (Fsp3) is 0.100. The summed E-state index contributed by atoms with van der Waals surface area (Å²) in [5.74, 6) is 0. The number of imidazole rings is 1. The van der Waals surface area contributed by atoms with E-state index in [1.165, 1.54) is 0 Å². The number of hydrogen-bond donors (Lipinski definition) is 1. The van der Waals surface area contributed by atoms with Crippen molar-refractivity contribution in [2.75, 3.05) is 0 Å². The van der Waals surface area contributed by atoms with E-state index in [9.17, 15) is 0 Å². The van der Waals surface area contributed by atoms with Crippen molar-refractivity contribution < 1.29 is 0 Å². The van der Waals surface area contributed by atoms with Crippen LogP contribution in [-0.2, 0) is 0 Å². The molecule has 1 aromatic carbocycles. The molecule has 2 aromatic rings. The molecule has 0 spiro atoms. The maximum Gasteiger partial charge on any atom is 0.114 e. The van der Waals surface area contributed by atoms with E-state index in [-0.39, 0.29) is 0 Å². The van der Waals surface area contributed by atoms with Crippen LogP contribution in [0.25, 0.3) is 5.69 Å². The first kappa shape index (κ1) is 12.1. The molecule has 16 heavy (non-hydrogen) atoms. The number of aromatic nitrogens is 2. The molecule has 0 saturated carbocycles. The van der Waals surface area contributed by atoms with Crippen LogP contribution in [-0.4, -0.2) is 9.55 Å². The first-order valence-electron chi connectivity index (χ1n) is 4.38. The van der Waals surface area contributed by atoms with Crippen molar-refractivity contribution in [3.05, 3.63) is 39.2 Å². The average Bonchev–Trinajstić information content (AvgIpc) is 2.48. The maximum atomic E-state index is 6.11. The summed E-state index contributed by atoms with van der Waals surface area (Å²) in [5, 5.41) is 2.10. The zero-order chi connectivity index (χ0) is 11.9. The molecule has 0 N–H and O–H groups in total. The van der Waals surface area contributed by atoms with E-state index in [1.807, 2.05) is 6.92 Å². The summed E-state index contributed by atoms with van der Waals surface area (Å²) in [6.45, 7) is 1.89. The Kier molecular flexibility index (Phi) is 3.40. The molecule has 0 atom stereocenters. The Balaban J connectivity index is 2.69. The Morgan fingerprint density at radius 1 is 1.19 bits per heavy atom. The molecular weight excluding hydrogens is 287 g/mol. The van der Waals surface area contributed by atoms with Gasteiger partial charge in [-0.05, 0) is 19.1 Å². The van der Waals surface area contributed by atoms with Gasteiger partial charge >= 0.3 is 0 Å². The highest BCUT2D eigenvalue weighted by molar-refractivity contribution is 7.80. The van der Waals surface area contributed by atoms with Crippen LogP contribution in [0.2, 0.25) is 15.1 Å². The monoisotopic (exact) mass is 292 g/mol. The number of rotatable bonds is 1. The molecule has 1 heterocycles. The van der Waals surface area contributed by atoms with Crippen molar-refractivity contribution in [3.8, 4) is 5.69 Å². The summed E-state index contributed by atoms with van der Waals surface area (Å²) in [6.07, 6.45) is 1.62. The molecule has 6 heteroatoms. The maximum absolute atomic E-state index is 6.11. The molecule has 2 nitrogen and oxygen atoms in total. The van der Waals surface area contributed by atoms with Gasteiger partial charge in [-0.15, -0.1) is 12.6 Å². The minimum atomic E-state index is 0.478. The second kappa shape index (κ2) is 4.49. The van der Waals surface area contributed by atoms with E-state index in [2.05, 4.69) is 17.6 Å². The van der Waals surface area contributed by atoms with Crippen molar-refractivity contribution in [2.24, 2.45) is 0 Å². The second-order valence-corrected chi connectivity index (χ2v) is 4.92. The summed E-state index contributed by atoms with van der Waals surface area (Å²) in [6, 6.07) is 3.28. The Hall–Kier alpha value is -0.350. The van der Waals surface area contributed by atoms with Gasteiger partial charge in [0.25, 0.3) is 0 Å². The minimum Gasteiger partial charge on any atom is -0.299 e. The Labute approximate surface area is 114 Å². The third kappa shape index (κ3) is 2.05. The standard InChI is InChI=1S/C10H7Cl3N2S/c1-5-10(16)14-4-15(5)9-7(12)2-6(11)3-8(9)13/h2-4,16H,1H3. The third-order valence-corrected chi connectivity index (χ3v) is 3.44. The Morgan fingerprint density at radius 2 is 1.75 bits per heavy atom. The van der Waals surface area contributed by atoms with E-state index in [4.69, 9.17) is 34.8 Å². The fourth-order valence-corrected chi connectivity index (χ4v) is 2.55. The van der Waals surface area contributed by atoms with Crippen molar-refractivity contribution in [2.45, 2.75) is 11.9 Å². The van der Waals surface area contributed by atoms with Gasteiger partial charge in [0.15, 0.2) is 0 Å². The first-order valence-corrected chi connectivity index (χ1v) is 5.96. The number of halogens is 3. The average molecular weight is 294 g/mol. The lowest BCUT2D eigenvalue weighted by molar-refractivity contribution is 0.995. The van der Waals surface area contributed by atoms with E-state index in [1.54, 1.807) is 23.0 Å². The van der Waals surface area contributed by atoms with Crippen molar-refractivity contribution >= 4 is 47.4 Å². The van der Waals surface area contributed by atoms with E-state index < -0.39 is 0 Å². The van der Waals surface area contributed by atoms with Crippen LogP contribution in [0.1, 0.15) is 5.69 Å². The van der Waals surface area contributed by atoms with Crippen LogP contribution in [0.15, 0.2) is 23.5 Å². The smallest absolute Gasteiger partial charge is 0.114 e. The van der Waals surface area contributed by atoms with Gasteiger partial charge in [0.2, 0.25) is 0 Å². The summed E-state index contributed by atoms with van der Waals surface area (Å²) >= 11 is 22.3. The van der Waals surface area contributed by atoms with Crippen LogP contribution in [0.4, 0.5) is 0 Å². The van der Waals surface area contributed by atoms with Crippen molar-refractivity contribution in [1.82, 2.24) is 9.55 Å². The van der Waals surface area contributed by atoms with Gasteiger partial charge in [0, 0.05) is 5.02 Å². The quantitative estimate of drug-likeness (QED) is 0.770. The largest absolute Gasteiger partial charge is 0.299 e.